The Morgan fingerprint density at radius 3 is 2.40 bits per heavy atom. The van der Waals surface area contributed by atoms with E-state index < -0.39 is 5.97 Å². The van der Waals surface area contributed by atoms with Crippen molar-refractivity contribution >= 4 is 32.7 Å². The van der Waals surface area contributed by atoms with Crippen molar-refractivity contribution in [2.45, 2.75) is 0 Å². The fourth-order valence-corrected chi connectivity index (χ4v) is 2.11. The van der Waals surface area contributed by atoms with Crippen LogP contribution in [-0.2, 0) is 0 Å². The lowest BCUT2D eigenvalue weighted by Crippen LogP contribution is -1.97. The van der Waals surface area contributed by atoms with Crippen molar-refractivity contribution in [3.05, 3.63) is 40.4 Å². The maximum absolute atomic E-state index is 10.9. The van der Waals surface area contributed by atoms with Crippen LogP contribution < -0.4 is 0 Å². The third-order valence-corrected chi connectivity index (χ3v) is 3.04. The number of phenolic OH excluding ortho intramolecular Hbond substituents is 1. The number of phenols is 1. The second kappa shape index (κ2) is 3.55. The Morgan fingerprint density at radius 2 is 1.80 bits per heavy atom. The zero-order chi connectivity index (χ0) is 11.0. The van der Waals surface area contributed by atoms with Gasteiger partial charge in [0.25, 0.3) is 0 Å². The molecule has 0 radical (unpaired) electrons. The summed E-state index contributed by atoms with van der Waals surface area (Å²) in [5, 5.41) is 19.9. The first kappa shape index (κ1) is 9.98. The molecule has 0 unspecified atom stereocenters. The predicted molar refractivity (Wildman–Crippen MR) is 60.3 cm³/mol. The summed E-state index contributed by atoms with van der Waals surface area (Å²) >= 11 is 3.22. The lowest BCUT2D eigenvalue weighted by atomic mass is 10.1. The number of hydrogen-bond acceptors (Lipinski definition) is 2. The molecule has 0 bridgehead atoms. The zero-order valence-electron chi connectivity index (χ0n) is 7.57. The number of halogens is 1. The van der Waals surface area contributed by atoms with Crippen LogP contribution in [0, 0.1) is 0 Å². The fourth-order valence-electron chi connectivity index (χ4n) is 1.48. The summed E-state index contributed by atoms with van der Waals surface area (Å²) in [7, 11) is 0. The summed E-state index contributed by atoms with van der Waals surface area (Å²) in [5.74, 6) is -1.09. The minimum atomic E-state index is -1.07. The smallest absolute Gasteiger partial charge is 0.336 e. The van der Waals surface area contributed by atoms with Gasteiger partial charge in [0, 0.05) is 15.2 Å². The van der Waals surface area contributed by atoms with Gasteiger partial charge in [-0.1, -0.05) is 24.3 Å². The van der Waals surface area contributed by atoms with Crippen LogP contribution in [0.3, 0.4) is 0 Å². The normalized spacial score (nSPS) is 10.5. The van der Waals surface area contributed by atoms with E-state index in [9.17, 15) is 9.90 Å². The van der Waals surface area contributed by atoms with Crippen LogP contribution in [0.1, 0.15) is 10.4 Å². The highest BCUT2D eigenvalue weighted by molar-refractivity contribution is 9.10. The predicted octanol–water partition coefficient (Wildman–Crippen LogP) is 3.01. The van der Waals surface area contributed by atoms with Gasteiger partial charge in [0.15, 0.2) is 0 Å². The van der Waals surface area contributed by atoms with Crippen LogP contribution in [0.15, 0.2) is 34.8 Å². The van der Waals surface area contributed by atoms with Gasteiger partial charge in [-0.15, -0.1) is 0 Å². The van der Waals surface area contributed by atoms with Crippen LogP contribution >= 0.6 is 15.9 Å². The van der Waals surface area contributed by atoms with Crippen LogP contribution in [0.2, 0.25) is 0 Å². The lowest BCUT2D eigenvalue weighted by molar-refractivity contribution is 0.0695. The fraction of sp³-hybridized carbons (Fsp3) is 0. The molecule has 0 saturated heterocycles. The van der Waals surface area contributed by atoms with Crippen LogP contribution in [0.5, 0.6) is 5.75 Å². The molecule has 0 amide bonds. The van der Waals surface area contributed by atoms with Crippen molar-refractivity contribution in [3.63, 3.8) is 0 Å². The van der Waals surface area contributed by atoms with E-state index in [1.165, 1.54) is 6.07 Å². The average Bonchev–Trinajstić information content (AvgIpc) is 2.23. The average molecular weight is 267 g/mol. The minimum absolute atomic E-state index is 0.0220. The zero-order valence-corrected chi connectivity index (χ0v) is 9.15. The topological polar surface area (TPSA) is 57.5 Å². The minimum Gasteiger partial charge on any atom is -0.507 e. The van der Waals surface area contributed by atoms with Gasteiger partial charge in [0.1, 0.15) is 5.75 Å². The second-order valence-electron chi connectivity index (χ2n) is 3.11. The third kappa shape index (κ3) is 1.57. The van der Waals surface area contributed by atoms with E-state index in [1.54, 1.807) is 24.3 Å². The molecular weight excluding hydrogens is 260 g/mol. The molecule has 0 aliphatic carbocycles. The van der Waals surface area contributed by atoms with Crippen molar-refractivity contribution in [3.8, 4) is 5.75 Å². The molecule has 0 heterocycles. The Labute approximate surface area is 94.1 Å². The van der Waals surface area contributed by atoms with E-state index in [4.69, 9.17) is 5.11 Å². The number of fused-ring (bicyclic) bond motifs is 1. The van der Waals surface area contributed by atoms with E-state index in [1.807, 2.05) is 0 Å². The molecule has 0 aliphatic rings. The summed E-state index contributed by atoms with van der Waals surface area (Å²) in [6.07, 6.45) is 0. The summed E-state index contributed by atoms with van der Waals surface area (Å²) in [6.45, 7) is 0. The van der Waals surface area contributed by atoms with Crippen LogP contribution in [0.25, 0.3) is 10.8 Å². The third-order valence-electron chi connectivity index (χ3n) is 2.19. The van der Waals surface area contributed by atoms with Crippen LogP contribution in [-0.4, -0.2) is 16.2 Å². The van der Waals surface area contributed by atoms with Gasteiger partial charge in [-0.25, -0.2) is 4.79 Å². The van der Waals surface area contributed by atoms with Crippen molar-refractivity contribution in [2.24, 2.45) is 0 Å². The molecule has 4 heteroatoms. The first-order valence-corrected chi connectivity index (χ1v) is 5.04. The standard InChI is InChI=1S/C11H7BrO3/c12-10-7-4-2-1-3-6(7)9(13)5-8(10)11(14)15/h1-5,13H,(H,14,15). The van der Waals surface area contributed by atoms with Crippen molar-refractivity contribution in [2.75, 3.05) is 0 Å². The van der Waals surface area contributed by atoms with Gasteiger partial charge < -0.3 is 10.2 Å². The first-order chi connectivity index (χ1) is 7.11. The molecule has 2 aromatic rings. The molecule has 76 valence electrons. The Kier molecular flexibility index (Phi) is 2.36. The molecule has 0 spiro atoms. The number of carboxylic acids is 1. The molecule has 2 N–H and O–H groups in total. The Balaban J connectivity index is 2.90. The quantitative estimate of drug-likeness (QED) is 0.834. The van der Waals surface area contributed by atoms with Gasteiger partial charge >= 0.3 is 5.97 Å². The van der Waals surface area contributed by atoms with Gasteiger partial charge in [0.2, 0.25) is 0 Å². The molecule has 0 aliphatic heterocycles. The number of carbonyl (C=O) groups is 1. The van der Waals surface area contributed by atoms with Crippen LogP contribution in [0.4, 0.5) is 0 Å². The van der Waals surface area contributed by atoms with E-state index in [0.29, 0.717) is 15.2 Å². The SMILES string of the molecule is O=C(O)c1cc(O)c2ccccc2c1Br. The van der Waals surface area contributed by atoms with Crippen molar-refractivity contribution in [1.82, 2.24) is 0 Å². The number of hydrogen-bond donors (Lipinski definition) is 2. The number of benzene rings is 2. The maximum Gasteiger partial charge on any atom is 0.336 e. The number of aromatic carboxylic acids is 1. The molecule has 15 heavy (non-hydrogen) atoms. The largest absolute Gasteiger partial charge is 0.507 e. The van der Waals surface area contributed by atoms with E-state index >= 15 is 0 Å². The van der Waals surface area contributed by atoms with E-state index in [2.05, 4.69) is 15.9 Å². The van der Waals surface area contributed by atoms with Gasteiger partial charge in [-0.2, -0.15) is 0 Å². The highest BCUT2D eigenvalue weighted by Crippen LogP contribution is 2.34. The van der Waals surface area contributed by atoms with Crippen molar-refractivity contribution < 1.29 is 15.0 Å². The number of rotatable bonds is 1. The number of aromatic hydroxyl groups is 1. The summed E-state index contributed by atoms with van der Waals surface area (Å²) < 4.78 is 0.489. The lowest BCUT2D eigenvalue weighted by Gasteiger charge is -2.06. The second-order valence-corrected chi connectivity index (χ2v) is 3.90. The highest BCUT2D eigenvalue weighted by atomic mass is 79.9. The molecule has 0 saturated carbocycles. The van der Waals surface area contributed by atoms with Gasteiger partial charge in [-0.3, -0.25) is 0 Å². The molecule has 3 nitrogen and oxygen atoms in total. The first-order valence-electron chi connectivity index (χ1n) is 4.25. The molecular formula is C11H7BrO3. The molecule has 0 atom stereocenters. The Bertz CT molecular complexity index is 549. The Morgan fingerprint density at radius 1 is 1.20 bits per heavy atom. The summed E-state index contributed by atoms with van der Waals surface area (Å²) in [4.78, 5) is 10.9. The summed E-state index contributed by atoms with van der Waals surface area (Å²) in [6, 6.07) is 8.31. The highest BCUT2D eigenvalue weighted by Gasteiger charge is 2.14. The maximum atomic E-state index is 10.9. The monoisotopic (exact) mass is 266 g/mol. The molecule has 2 aromatic carbocycles. The van der Waals surface area contributed by atoms with E-state index in [-0.39, 0.29) is 11.3 Å². The van der Waals surface area contributed by atoms with E-state index in [0.717, 1.165) is 0 Å². The van der Waals surface area contributed by atoms with Gasteiger partial charge in [-0.05, 0) is 22.0 Å². The summed E-state index contributed by atoms with van der Waals surface area (Å²) in [5.41, 5.74) is 0.0613. The van der Waals surface area contributed by atoms with Crippen molar-refractivity contribution in [1.29, 1.82) is 0 Å². The molecule has 0 aromatic heterocycles. The molecule has 2 rings (SSSR count). The Hall–Kier alpha value is -1.55. The number of carboxylic acid groups (broad SMARTS) is 1. The van der Waals surface area contributed by atoms with Gasteiger partial charge in [0.05, 0.1) is 5.56 Å². The molecule has 0 fully saturated rings.